The average molecular weight is 392 g/mol. The van der Waals surface area contributed by atoms with Gasteiger partial charge in [-0.15, -0.1) is 0 Å². The molecule has 0 unspecified atom stereocenters. The van der Waals surface area contributed by atoms with Gasteiger partial charge < -0.3 is 9.64 Å². The van der Waals surface area contributed by atoms with Gasteiger partial charge in [-0.25, -0.2) is 4.90 Å². The number of carbonyl (C=O) groups excluding carboxylic acids is 4. The van der Waals surface area contributed by atoms with E-state index in [1.807, 2.05) is 37.3 Å². The molecule has 0 bridgehead atoms. The van der Waals surface area contributed by atoms with Gasteiger partial charge in [0.15, 0.2) is 6.73 Å². The number of benzene rings is 2. The number of likely N-dealkylation sites (tertiary alicyclic amines) is 1. The summed E-state index contributed by atoms with van der Waals surface area (Å²) in [6, 6.07) is 15.9. The number of ether oxygens (including phenoxy) is 1. The molecule has 148 valence electrons. The first-order valence-corrected chi connectivity index (χ1v) is 9.43. The van der Waals surface area contributed by atoms with E-state index in [2.05, 4.69) is 0 Å². The summed E-state index contributed by atoms with van der Waals surface area (Å²) in [5.74, 6) is -2.30. The highest BCUT2D eigenvalue weighted by molar-refractivity contribution is 6.21. The molecule has 0 aromatic heterocycles. The molecule has 2 aliphatic heterocycles. The summed E-state index contributed by atoms with van der Waals surface area (Å²) in [5.41, 5.74) is 1.58. The van der Waals surface area contributed by atoms with Crippen molar-refractivity contribution in [2.24, 2.45) is 5.92 Å². The molecule has 0 radical (unpaired) electrons. The zero-order valence-corrected chi connectivity index (χ0v) is 15.9. The first-order valence-electron chi connectivity index (χ1n) is 9.43. The monoisotopic (exact) mass is 392 g/mol. The van der Waals surface area contributed by atoms with Gasteiger partial charge in [0, 0.05) is 13.0 Å². The molecule has 0 N–H and O–H groups in total. The molecule has 2 aromatic rings. The highest BCUT2D eigenvalue weighted by Gasteiger charge is 2.40. The molecular weight excluding hydrogens is 372 g/mol. The van der Waals surface area contributed by atoms with Crippen LogP contribution in [0.2, 0.25) is 0 Å². The van der Waals surface area contributed by atoms with E-state index in [4.69, 9.17) is 4.74 Å². The highest BCUT2D eigenvalue weighted by Crippen LogP contribution is 2.29. The topological polar surface area (TPSA) is 84.0 Å². The molecule has 7 heteroatoms. The molecule has 0 saturated carbocycles. The van der Waals surface area contributed by atoms with Crippen LogP contribution in [0.1, 0.15) is 45.7 Å². The Morgan fingerprint density at radius 2 is 1.59 bits per heavy atom. The number of hydrogen-bond donors (Lipinski definition) is 0. The van der Waals surface area contributed by atoms with E-state index in [0.29, 0.717) is 11.1 Å². The van der Waals surface area contributed by atoms with Crippen molar-refractivity contribution in [2.75, 3.05) is 13.3 Å². The van der Waals surface area contributed by atoms with Crippen LogP contribution in [0.4, 0.5) is 0 Å². The first-order chi connectivity index (χ1) is 14.0. The van der Waals surface area contributed by atoms with Crippen molar-refractivity contribution < 1.29 is 23.9 Å². The van der Waals surface area contributed by atoms with Crippen molar-refractivity contribution in [1.82, 2.24) is 9.80 Å². The second kappa shape index (κ2) is 7.50. The van der Waals surface area contributed by atoms with Gasteiger partial charge in [0.1, 0.15) is 0 Å². The molecule has 3 amide bonds. The van der Waals surface area contributed by atoms with Gasteiger partial charge in [0.2, 0.25) is 5.91 Å². The minimum Gasteiger partial charge on any atom is -0.443 e. The SMILES string of the molecule is C[C@H](c1ccccc1)N1C[C@@H](C(=O)OCN2C(=O)c3ccccc3C2=O)CC1=O. The zero-order chi connectivity index (χ0) is 20.5. The molecule has 4 rings (SSSR count). The van der Waals surface area contributed by atoms with Crippen LogP contribution >= 0.6 is 0 Å². The van der Waals surface area contributed by atoms with Crippen molar-refractivity contribution in [3.05, 3.63) is 71.3 Å². The number of fused-ring (bicyclic) bond motifs is 1. The maximum atomic E-state index is 12.5. The quantitative estimate of drug-likeness (QED) is 0.576. The van der Waals surface area contributed by atoms with E-state index in [-0.39, 0.29) is 24.9 Å². The summed E-state index contributed by atoms with van der Waals surface area (Å²) >= 11 is 0. The van der Waals surface area contributed by atoms with Crippen molar-refractivity contribution in [2.45, 2.75) is 19.4 Å². The van der Waals surface area contributed by atoms with E-state index < -0.39 is 30.4 Å². The fourth-order valence-corrected chi connectivity index (χ4v) is 3.78. The molecular formula is C22H20N2O5. The molecule has 2 atom stereocenters. The normalized spacial score (nSPS) is 19.5. The van der Waals surface area contributed by atoms with Crippen molar-refractivity contribution in [1.29, 1.82) is 0 Å². The molecule has 7 nitrogen and oxygen atoms in total. The number of esters is 1. The smallest absolute Gasteiger partial charge is 0.313 e. The van der Waals surface area contributed by atoms with Gasteiger partial charge >= 0.3 is 5.97 Å². The Hall–Kier alpha value is -3.48. The van der Waals surface area contributed by atoms with Gasteiger partial charge in [0.05, 0.1) is 23.1 Å². The zero-order valence-electron chi connectivity index (χ0n) is 15.9. The average Bonchev–Trinajstić information content (AvgIpc) is 3.25. The minimum absolute atomic E-state index is 0.0537. The van der Waals surface area contributed by atoms with Gasteiger partial charge in [-0.1, -0.05) is 42.5 Å². The van der Waals surface area contributed by atoms with Gasteiger partial charge in [-0.3, -0.25) is 19.2 Å². The third kappa shape index (κ3) is 3.40. The van der Waals surface area contributed by atoms with Crippen LogP contribution in [-0.4, -0.2) is 46.8 Å². The van der Waals surface area contributed by atoms with Crippen molar-refractivity contribution >= 4 is 23.7 Å². The van der Waals surface area contributed by atoms with Crippen LogP contribution in [0.5, 0.6) is 0 Å². The molecule has 1 saturated heterocycles. The number of imide groups is 1. The molecule has 1 fully saturated rings. The lowest BCUT2D eigenvalue weighted by molar-refractivity contribution is -0.151. The lowest BCUT2D eigenvalue weighted by atomic mass is 10.1. The summed E-state index contributed by atoms with van der Waals surface area (Å²) in [6.07, 6.45) is 0.0537. The largest absolute Gasteiger partial charge is 0.443 e. The lowest BCUT2D eigenvalue weighted by Gasteiger charge is -2.25. The summed E-state index contributed by atoms with van der Waals surface area (Å²) in [5, 5.41) is 0. The fourth-order valence-electron chi connectivity index (χ4n) is 3.78. The summed E-state index contributed by atoms with van der Waals surface area (Å²) in [7, 11) is 0. The summed E-state index contributed by atoms with van der Waals surface area (Å²) in [4.78, 5) is 52.2. The van der Waals surface area contributed by atoms with Crippen LogP contribution in [0.3, 0.4) is 0 Å². The Labute approximate surface area is 167 Å². The van der Waals surface area contributed by atoms with Crippen molar-refractivity contribution in [3.63, 3.8) is 0 Å². The number of carbonyl (C=O) groups is 4. The predicted molar refractivity (Wildman–Crippen MR) is 103 cm³/mol. The van der Waals surface area contributed by atoms with E-state index in [0.717, 1.165) is 10.5 Å². The summed E-state index contributed by atoms with van der Waals surface area (Å²) in [6.45, 7) is 1.71. The Morgan fingerprint density at radius 1 is 1.00 bits per heavy atom. The second-order valence-corrected chi connectivity index (χ2v) is 7.21. The standard InChI is InChI=1S/C22H20N2O5/c1-14(15-7-3-2-4-8-15)23-12-16(11-19(23)25)22(28)29-13-24-20(26)17-9-5-6-10-18(17)21(24)27/h2-10,14,16H,11-13H2,1H3/t14-,16+/m1/s1. The van der Waals surface area contributed by atoms with Crippen LogP contribution in [0.25, 0.3) is 0 Å². The molecule has 0 spiro atoms. The van der Waals surface area contributed by atoms with Gasteiger partial charge in [-0.05, 0) is 24.6 Å². The maximum Gasteiger partial charge on any atom is 0.313 e. The van der Waals surface area contributed by atoms with Gasteiger partial charge in [0.25, 0.3) is 11.8 Å². The Morgan fingerprint density at radius 3 is 2.21 bits per heavy atom. The Kier molecular flexibility index (Phi) is 4.88. The minimum atomic E-state index is -0.621. The van der Waals surface area contributed by atoms with E-state index in [1.54, 1.807) is 29.2 Å². The molecule has 2 heterocycles. The van der Waals surface area contributed by atoms with Crippen LogP contribution in [0.15, 0.2) is 54.6 Å². The predicted octanol–water partition coefficient (Wildman–Crippen LogP) is 2.39. The molecule has 2 aromatic carbocycles. The van der Waals surface area contributed by atoms with Crippen LogP contribution in [0, 0.1) is 5.92 Å². The van der Waals surface area contributed by atoms with E-state index in [1.165, 1.54) is 0 Å². The maximum absolute atomic E-state index is 12.5. The number of rotatable bonds is 5. The fraction of sp³-hybridized carbons (Fsp3) is 0.273. The van der Waals surface area contributed by atoms with Crippen LogP contribution in [-0.2, 0) is 14.3 Å². The van der Waals surface area contributed by atoms with Gasteiger partial charge in [-0.2, -0.15) is 0 Å². The van der Waals surface area contributed by atoms with E-state index >= 15 is 0 Å². The number of amides is 3. The molecule has 29 heavy (non-hydrogen) atoms. The Balaban J connectivity index is 1.37. The number of hydrogen-bond acceptors (Lipinski definition) is 5. The Bertz CT molecular complexity index is 953. The van der Waals surface area contributed by atoms with Crippen molar-refractivity contribution in [3.8, 4) is 0 Å². The first kappa shape index (κ1) is 18.9. The molecule has 2 aliphatic rings. The highest BCUT2D eigenvalue weighted by atomic mass is 16.5. The second-order valence-electron chi connectivity index (χ2n) is 7.21. The molecule has 0 aliphatic carbocycles. The van der Waals surface area contributed by atoms with E-state index in [9.17, 15) is 19.2 Å². The third-order valence-corrected chi connectivity index (χ3v) is 5.46. The third-order valence-electron chi connectivity index (χ3n) is 5.46. The summed E-state index contributed by atoms with van der Waals surface area (Å²) < 4.78 is 5.23. The lowest BCUT2D eigenvalue weighted by Crippen LogP contribution is -2.35. The number of nitrogens with zero attached hydrogens (tertiary/aromatic N) is 2. The van der Waals surface area contributed by atoms with Crippen LogP contribution < -0.4 is 0 Å².